The minimum atomic E-state index is -0.966. The monoisotopic (exact) mass is 352 g/mol. The van der Waals surface area contributed by atoms with Crippen LogP contribution in [0.1, 0.15) is 10.4 Å². The van der Waals surface area contributed by atoms with Crippen molar-refractivity contribution in [2.45, 2.75) is 5.54 Å². The van der Waals surface area contributed by atoms with Gasteiger partial charge in [-0.2, -0.15) is 10.5 Å². The van der Waals surface area contributed by atoms with Crippen LogP contribution >= 0.6 is 15.9 Å². The first-order valence-corrected chi connectivity index (χ1v) is 7.52. The third-order valence-electron chi connectivity index (χ3n) is 4.32. The average molecular weight is 353 g/mol. The molecule has 5 nitrogen and oxygen atoms in total. The molecule has 22 heavy (non-hydrogen) atoms. The lowest BCUT2D eigenvalue weighted by atomic mass is 9.89. The van der Waals surface area contributed by atoms with Crippen LogP contribution < -0.4 is 4.90 Å². The summed E-state index contributed by atoms with van der Waals surface area (Å²) in [5, 5.41) is 20.4. The summed E-state index contributed by atoms with van der Waals surface area (Å²) in [6, 6.07) is 11.6. The van der Waals surface area contributed by atoms with Crippen LogP contribution in [0.5, 0.6) is 0 Å². The van der Waals surface area contributed by atoms with Crippen molar-refractivity contribution in [2.24, 2.45) is 0 Å². The van der Waals surface area contributed by atoms with Crippen LogP contribution in [0.2, 0.25) is 0 Å². The SMILES string of the molecule is N#CN1CC(C#N)(N2C(=O)c3cccc4c(Br)ccc2c34)C1. The maximum Gasteiger partial charge on any atom is 0.260 e. The third kappa shape index (κ3) is 1.43. The number of nitrogens with zero attached hydrogens (tertiary/aromatic N) is 4. The van der Waals surface area contributed by atoms with E-state index in [2.05, 4.69) is 22.0 Å². The molecule has 0 bridgehead atoms. The van der Waals surface area contributed by atoms with E-state index < -0.39 is 5.54 Å². The number of carbonyl (C=O) groups excluding carboxylic acids is 1. The minimum Gasteiger partial charge on any atom is -0.304 e. The number of hydrogen-bond donors (Lipinski definition) is 0. The van der Waals surface area contributed by atoms with Crippen molar-refractivity contribution < 1.29 is 4.79 Å². The van der Waals surface area contributed by atoms with Gasteiger partial charge in [0.25, 0.3) is 5.91 Å². The zero-order valence-electron chi connectivity index (χ0n) is 11.4. The predicted octanol–water partition coefficient (Wildman–Crippen LogP) is 2.62. The van der Waals surface area contributed by atoms with E-state index in [1.807, 2.05) is 30.5 Å². The van der Waals surface area contributed by atoms with E-state index in [4.69, 9.17) is 5.26 Å². The normalized spacial score (nSPS) is 18.0. The van der Waals surface area contributed by atoms with Crippen LogP contribution in [0.25, 0.3) is 10.8 Å². The molecule has 106 valence electrons. The first-order chi connectivity index (χ1) is 10.6. The van der Waals surface area contributed by atoms with E-state index in [0.717, 1.165) is 20.9 Å². The van der Waals surface area contributed by atoms with Gasteiger partial charge in [-0.25, -0.2) is 0 Å². The lowest BCUT2D eigenvalue weighted by Gasteiger charge is -2.47. The molecule has 0 N–H and O–H groups in total. The molecule has 2 aliphatic rings. The van der Waals surface area contributed by atoms with Gasteiger partial charge >= 0.3 is 0 Å². The molecule has 2 heterocycles. The smallest absolute Gasteiger partial charge is 0.260 e. The van der Waals surface area contributed by atoms with Gasteiger partial charge in [0, 0.05) is 15.4 Å². The second kappa shape index (κ2) is 4.22. The fraction of sp³-hybridized carbons (Fsp3) is 0.188. The summed E-state index contributed by atoms with van der Waals surface area (Å²) in [6.07, 6.45) is 2.02. The lowest BCUT2D eigenvalue weighted by Crippen LogP contribution is -2.69. The van der Waals surface area contributed by atoms with E-state index in [-0.39, 0.29) is 19.0 Å². The molecule has 0 aromatic heterocycles. The summed E-state index contributed by atoms with van der Waals surface area (Å²) in [7, 11) is 0. The van der Waals surface area contributed by atoms with Gasteiger partial charge in [0.15, 0.2) is 11.7 Å². The quantitative estimate of drug-likeness (QED) is 0.739. The highest BCUT2D eigenvalue weighted by molar-refractivity contribution is 9.10. The molecule has 1 saturated heterocycles. The molecule has 0 radical (unpaired) electrons. The molecule has 4 rings (SSSR count). The van der Waals surface area contributed by atoms with E-state index in [1.165, 1.54) is 4.90 Å². The van der Waals surface area contributed by atoms with E-state index >= 15 is 0 Å². The maximum atomic E-state index is 12.8. The molecular weight excluding hydrogens is 344 g/mol. The van der Waals surface area contributed by atoms with Crippen LogP contribution in [0.4, 0.5) is 5.69 Å². The second-order valence-electron chi connectivity index (χ2n) is 5.53. The standard InChI is InChI=1S/C16H9BrN4O/c17-12-4-5-13-14-10(12)2-1-3-11(14)15(22)21(13)16(6-18)7-20(8-16)9-19/h1-5H,7-8H2. The van der Waals surface area contributed by atoms with Crippen molar-refractivity contribution in [3.8, 4) is 12.3 Å². The number of nitriles is 2. The average Bonchev–Trinajstić information content (AvgIpc) is 2.78. The number of benzene rings is 2. The molecule has 2 aromatic carbocycles. The van der Waals surface area contributed by atoms with E-state index in [0.29, 0.717) is 5.56 Å². The minimum absolute atomic E-state index is 0.169. The Labute approximate surface area is 135 Å². The summed E-state index contributed by atoms with van der Waals surface area (Å²) < 4.78 is 0.918. The molecular formula is C16H9BrN4O. The number of anilines is 1. The topological polar surface area (TPSA) is 71.1 Å². The molecule has 0 spiro atoms. The van der Waals surface area contributed by atoms with Crippen LogP contribution in [-0.4, -0.2) is 29.4 Å². The second-order valence-corrected chi connectivity index (χ2v) is 6.39. The number of halogens is 1. The highest BCUT2D eigenvalue weighted by Crippen LogP contribution is 2.45. The Morgan fingerprint density at radius 1 is 1.18 bits per heavy atom. The van der Waals surface area contributed by atoms with E-state index in [9.17, 15) is 10.1 Å². The molecule has 0 aliphatic carbocycles. The highest BCUT2D eigenvalue weighted by atomic mass is 79.9. The molecule has 1 fully saturated rings. The zero-order valence-corrected chi connectivity index (χ0v) is 13.0. The van der Waals surface area contributed by atoms with Gasteiger partial charge in [0.1, 0.15) is 0 Å². The van der Waals surface area contributed by atoms with Crippen molar-refractivity contribution in [1.82, 2.24) is 4.90 Å². The highest BCUT2D eigenvalue weighted by Gasteiger charge is 2.53. The third-order valence-corrected chi connectivity index (χ3v) is 5.01. The van der Waals surface area contributed by atoms with Crippen molar-refractivity contribution in [3.05, 3.63) is 40.4 Å². The van der Waals surface area contributed by atoms with Crippen molar-refractivity contribution >= 4 is 38.3 Å². The molecule has 0 saturated carbocycles. The molecule has 2 aromatic rings. The van der Waals surface area contributed by atoms with Crippen LogP contribution in [-0.2, 0) is 0 Å². The lowest BCUT2D eigenvalue weighted by molar-refractivity contribution is 0.0905. The summed E-state index contributed by atoms with van der Waals surface area (Å²) in [5.74, 6) is -0.169. The van der Waals surface area contributed by atoms with Gasteiger partial charge in [-0.15, -0.1) is 0 Å². The Kier molecular flexibility index (Phi) is 2.52. The Morgan fingerprint density at radius 3 is 2.64 bits per heavy atom. The first kappa shape index (κ1) is 13.1. The van der Waals surface area contributed by atoms with Gasteiger partial charge in [0.05, 0.1) is 24.8 Å². The van der Waals surface area contributed by atoms with E-state index in [1.54, 1.807) is 11.0 Å². The number of likely N-dealkylation sites (tertiary alicyclic amines) is 1. The molecule has 6 heteroatoms. The number of rotatable bonds is 1. The largest absolute Gasteiger partial charge is 0.304 e. The van der Waals surface area contributed by atoms with Gasteiger partial charge < -0.3 is 4.90 Å². The summed E-state index contributed by atoms with van der Waals surface area (Å²) in [5.41, 5.74) is 0.392. The Bertz CT molecular complexity index is 918. The summed E-state index contributed by atoms with van der Waals surface area (Å²) >= 11 is 3.51. The van der Waals surface area contributed by atoms with Crippen LogP contribution in [0, 0.1) is 22.8 Å². The van der Waals surface area contributed by atoms with Crippen molar-refractivity contribution in [3.63, 3.8) is 0 Å². The first-order valence-electron chi connectivity index (χ1n) is 6.73. The molecule has 0 atom stereocenters. The van der Waals surface area contributed by atoms with Crippen LogP contribution in [0.15, 0.2) is 34.8 Å². The maximum absolute atomic E-state index is 12.8. The van der Waals surface area contributed by atoms with Gasteiger partial charge in [-0.05, 0) is 23.6 Å². The Hall–Kier alpha value is -2.57. The summed E-state index contributed by atoms with van der Waals surface area (Å²) in [6.45, 7) is 0.495. The van der Waals surface area contributed by atoms with Crippen molar-refractivity contribution in [2.75, 3.05) is 18.0 Å². The van der Waals surface area contributed by atoms with Gasteiger partial charge in [-0.1, -0.05) is 28.1 Å². The Morgan fingerprint density at radius 2 is 1.95 bits per heavy atom. The zero-order chi connectivity index (χ0) is 15.5. The molecule has 2 aliphatic heterocycles. The molecule has 1 amide bonds. The van der Waals surface area contributed by atoms with Gasteiger partial charge in [0.2, 0.25) is 0 Å². The predicted molar refractivity (Wildman–Crippen MR) is 84.0 cm³/mol. The van der Waals surface area contributed by atoms with Gasteiger partial charge in [-0.3, -0.25) is 9.69 Å². The number of amides is 1. The van der Waals surface area contributed by atoms with Crippen LogP contribution in [0.3, 0.4) is 0 Å². The fourth-order valence-electron chi connectivity index (χ4n) is 3.29. The fourth-order valence-corrected chi connectivity index (χ4v) is 3.75. The summed E-state index contributed by atoms with van der Waals surface area (Å²) in [4.78, 5) is 15.9. The molecule has 0 unspecified atom stereocenters. The van der Waals surface area contributed by atoms with Crippen molar-refractivity contribution in [1.29, 1.82) is 10.5 Å². The number of hydrogen-bond acceptors (Lipinski definition) is 4. The number of carbonyl (C=O) groups is 1. The Balaban J connectivity index is 1.94.